The molecule has 0 aromatic heterocycles. The van der Waals surface area contributed by atoms with Crippen LogP contribution in [0, 0.1) is 0 Å². The second-order valence-electron chi connectivity index (χ2n) is 5.50. The second-order valence-corrected chi connectivity index (χ2v) is 5.50. The summed E-state index contributed by atoms with van der Waals surface area (Å²) in [6.07, 6.45) is -2.99. The Balaban J connectivity index is 4.74. The van der Waals surface area contributed by atoms with Crippen LogP contribution in [0.2, 0.25) is 0 Å². The van der Waals surface area contributed by atoms with Crippen molar-refractivity contribution in [3.05, 3.63) is 0 Å². The molecule has 0 bridgehead atoms. The van der Waals surface area contributed by atoms with Crippen molar-refractivity contribution in [1.29, 1.82) is 0 Å². The minimum absolute atomic E-state index is 0.260. The van der Waals surface area contributed by atoms with Gasteiger partial charge in [-0.1, -0.05) is 0 Å². The van der Waals surface area contributed by atoms with Crippen LogP contribution in [0.25, 0.3) is 0 Å². The first-order valence-corrected chi connectivity index (χ1v) is 6.28. The summed E-state index contributed by atoms with van der Waals surface area (Å²) in [6, 6.07) is -1.31. The van der Waals surface area contributed by atoms with Gasteiger partial charge in [0.2, 0.25) is 0 Å². The highest BCUT2D eigenvalue weighted by Crippen LogP contribution is 2.08. The molecule has 0 aromatic rings. The molecule has 0 heterocycles. The monoisotopic (exact) mass is 292 g/mol. The minimum atomic E-state index is -1.31. The standard InChI is InChI=1S/C12H24N2O6/c1-7(15)14(8(2)16)6-9(10(17)18)13-11(19)20-12(3,4)5/h7-9,15-16H,6H2,1-5H3,(H,13,19)(H,17,18)/t7-,8-,9+/m0/s1. The summed E-state index contributed by atoms with van der Waals surface area (Å²) >= 11 is 0. The van der Waals surface area contributed by atoms with E-state index in [-0.39, 0.29) is 6.54 Å². The van der Waals surface area contributed by atoms with Crippen molar-refractivity contribution in [3.63, 3.8) is 0 Å². The summed E-state index contributed by atoms with van der Waals surface area (Å²) in [4.78, 5) is 23.8. The molecule has 0 saturated carbocycles. The first-order chi connectivity index (χ1) is 8.94. The fourth-order valence-electron chi connectivity index (χ4n) is 1.46. The van der Waals surface area contributed by atoms with Crippen LogP contribution in [-0.2, 0) is 9.53 Å². The number of amides is 1. The van der Waals surface area contributed by atoms with E-state index in [4.69, 9.17) is 9.84 Å². The van der Waals surface area contributed by atoms with Crippen LogP contribution >= 0.6 is 0 Å². The van der Waals surface area contributed by atoms with Gasteiger partial charge in [0.1, 0.15) is 24.1 Å². The molecular formula is C12H24N2O6. The average molecular weight is 292 g/mol. The maximum Gasteiger partial charge on any atom is 0.408 e. The molecule has 0 spiro atoms. The van der Waals surface area contributed by atoms with Crippen molar-refractivity contribution in [1.82, 2.24) is 10.2 Å². The zero-order chi connectivity index (χ0) is 16.1. The van der Waals surface area contributed by atoms with Gasteiger partial charge in [-0.25, -0.2) is 9.59 Å². The lowest BCUT2D eigenvalue weighted by atomic mass is 10.2. The van der Waals surface area contributed by atoms with E-state index in [9.17, 15) is 19.8 Å². The highest BCUT2D eigenvalue weighted by Gasteiger charge is 2.28. The lowest BCUT2D eigenvalue weighted by Gasteiger charge is -2.31. The maximum atomic E-state index is 11.6. The average Bonchev–Trinajstić information content (AvgIpc) is 2.19. The molecule has 0 aromatic carbocycles. The van der Waals surface area contributed by atoms with E-state index in [1.807, 2.05) is 0 Å². The minimum Gasteiger partial charge on any atom is -0.480 e. The molecule has 1 amide bonds. The third-order valence-electron chi connectivity index (χ3n) is 2.34. The van der Waals surface area contributed by atoms with E-state index >= 15 is 0 Å². The van der Waals surface area contributed by atoms with Crippen LogP contribution in [-0.4, -0.2) is 62.9 Å². The lowest BCUT2D eigenvalue weighted by molar-refractivity contribution is -0.143. The molecule has 0 rings (SSSR count). The van der Waals surface area contributed by atoms with E-state index in [2.05, 4.69) is 5.32 Å². The van der Waals surface area contributed by atoms with Crippen molar-refractivity contribution < 1.29 is 29.6 Å². The van der Waals surface area contributed by atoms with Crippen molar-refractivity contribution in [2.24, 2.45) is 0 Å². The zero-order valence-corrected chi connectivity index (χ0v) is 12.5. The Morgan fingerprint density at radius 2 is 1.65 bits per heavy atom. The van der Waals surface area contributed by atoms with E-state index in [0.29, 0.717) is 0 Å². The van der Waals surface area contributed by atoms with E-state index in [1.54, 1.807) is 20.8 Å². The van der Waals surface area contributed by atoms with Gasteiger partial charge in [-0.15, -0.1) is 0 Å². The molecule has 0 aliphatic carbocycles. The largest absolute Gasteiger partial charge is 0.480 e. The van der Waals surface area contributed by atoms with Crippen LogP contribution in [0.4, 0.5) is 4.79 Å². The second kappa shape index (κ2) is 7.41. The van der Waals surface area contributed by atoms with Crippen LogP contribution in [0.1, 0.15) is 34.6 Å². The number of rotatable bonds is 6. The number of carbonyl (C=O) groups excluding carboxylic acids is 1. The molecule has 4 N–H and O–H groups in total. The SMILES string of the molecule is C[C@H](O)N(C[C@@H](NC(=O)OC(C)(C)C)C(=O)O)[C@H](C)O. The van der Waals surface area contributed by atoms with Gasteiger partial charge >= 0.3 is 12.1 Å². The van der Waals surface area contributed by atoms with Gasteiger partial charge in [0.15, 0.2) is 0 Å². The maximum absolute atomic E-state index is 11.6. The molecule has 118 valence electrons. The normalized spacial score (nSPS) is 16.4. The van der Waals surface area contributed by atoms with Gasteiger partial charge in [0.05, 0.1) is 0 Å². The molecule has 8 nitrogen and oxygen atoms in total. The number of aliphatic hydroxyl groups excluding tert-OH is 2. The molecule has 3 atom stereocenters. The third kappa shape index (κ3) is 7.27. The predicted molar refractivity (Wildman–Crippen MR) is 70.9 cm³/mol. The van der Waals surface area contributed by atoms with Crippen LogP contribution in [0.15, 0.2) is 0 Å². The zero-order valence-electron chi connectivity index (χ0n) is 12.5. The van der Waals surface area contributed by atoms with Crippen molar-refractivity contribution in [3.8, 4) is 0 Å². The highest BCUT2D eigenvalue weighted by atomic mass is 16.6. The number of ether oxygens (including phenoxy) is 1. The molecule has 20 heavy (non-hydrogen) atoms. The third-order valence-corrected chi connectivity index (χ3v) is 2.34. The molecule has 0 unspecified atom stereocenters. The number of carbonyl (C=O) groups is 2. The first kappa shape index (κ1) is 18.6. The Labute approximate surface area is 118 Å². The van der Waals surface area contributed by atoms with Crippen LogP contribution in [0.3, 0.4) is 0 Å². The van der Waals surface area contributed by atoms with Gasteiger partial charge < -0.3 is 25.4 Å². The van der Waals surface area contributed by atoms with Crippen LogP contribution < -0.4 is 5.32 Å². The molecule has 8 heteroatoms. The number of hydrogen-bond donors (Lipinski definition) is 4. The number of aliphatic hydroxyl groups is 2. The van der Waals surface area contributed by atoms with Gasteiger partial charge in [-0.2, -0.15) is 0 Å². The highest BCUT2D eigenvalue weighted by molar-refractivity contribution is 5.80. The molecule has 0 fully saturated rings. The quantitative estimate of drug-likeness (QED) is 0.506. The van der Waals surface area contributed by atoms with Gasteiger partial charge in [0.25, 0.3) is 0 Å². The Bertz CT molecular complexity index is 329. The lowest BCUT2D eigenvalue weighted by Crippen LogP contribution is -2.53. The van der Waals surface area contributed by atoms with E-state index < -0.39 is 36.2 Å². The number of alkyl carbamates (subject to hydrolysis) is 1. The number of nitrogens with zero attached hydrogens (tertiary/aromatic N) is 1. The fourth-order valence-corrected chi connectivity index (χ4v) is 1.46. The van der Waals surface area contributed by atoms with Crippen molar-refractivity contribution in [2.45, 2.75) is 58.7 Å². The Kier molecular flexibility index (Phi) is 6.90. The van der Waals surface area contributed by atoms with Crippen molar-refractivity contribution >= 4 is 12.1 Å². The van der Waals surface area contributed by atoms with E-state index in [0.717, 1.165) is 4.90 Å². The summed E-state index contributed by atoms with van der Waals surface area (Å²) in [7, 11) is 0. The smallest absolute Gasteiger partial charge is 0.408 e. The Hall–Kier alpha value is -1.38. The number of nitrogens with one attached hydrogen (secondary N) is 1. The summed E-state index contributed by atoms with van der Waals surface area (Å²) in [6.45, 7) is 7.48. The Morgan fingerprint density at radius 3 is 1.95 bits per heavy atom. The number of hydrogen-bond acceptors (Lipinski definition) is 6. The van der Waals surface area contributed by atoms with Gasteiger partial charge in [-0.3, -0.25) is 4.90 Å². The predicted octanol–water partition coefficient (Wildman–Crippen LogP) is -0.0571. The summed E-state index contributed by atoms with van der Waals surface area (Å²) < 4.78 is 4.96. The molecule has 0 aliphatic heterocycles. The van der Waals surface area contributed by atoms with Gasteiger partial charge in [-0.05, 0) is 34.6 Å². The topological polar surface area (TPSA) is 119 Å². The van der Waals surface area contributed by atoms with E-state index in [1.165, 1.54) is 13.8 Å². The number of aliphatic carboxylic acids is 1. The number of carboxylic acids is 1. The number of carboxylic acid groups (broad SMARTS) is 1. The fraction of sp³-hybridized carbons (Fsp3) is 0.833. The summed E-state index contributed by atoms with van der Waals surface area (Å²) in [5.74, 6) is -1.29. The van der Waals surface area contributed by atoms with Crippen LogP contribution in [0.5, 0.6) is 0 Å². The molecule has 0 radical (unpaired) electrons. The Morgan fingerprint density at radius 1 is 1.20 bits per heavy atom. The van der Waals surface area contributed by atoms with Gasteiger partial charge in [0, 0.05) is 6.54 Å². The summed E-state index contributed by atoms with van der Waals surface area (Å²) in [5.41, 5.74) is -0.749. The molecular weight excluding hydrogens is 268 g/mol. The first-order valence-electron chi connectivity index (χ1n) is 6.28. The molecule has 0 aliphatic rings. The summed E-state index contributed by atoms with van der Waals surface area (Å²) in [5, 5.41) is 30.2. The molecule has 0 saturated heterocycles. The van der Waals surface area contributed by atoms with Crippen molar-refractivity contribution in [2.75, 3.05) is 6.54 Å².